The lowest BCUT2D eigenvalue weighted by molar-refractivity contribution is -0.00923. The van der Waals surface area contributed by atoms with Crippen LogP contribution in [0, 0.1) is 0 Å². The minimum Gasteiger partial charge on any atom is -0.382 e. The van der Waals surface area contributed by atoms with Gasteiger partial charge in [-0.25, -0.2) is 4.39 Å². The van der Waals surface area contributed by atoms with Crippen LogP contribution < -0.4 is 0 Å². The highest BCUT2D eigenvalue weighted by molar-refractivity contribution is 8.46. The second kappa shape index (κ2) is 5.19. The van der Waals surface area contributed by atoms with Gasteiger partial charge in [0, 0.05) is 13.8 Å². The van der Waals surface area contributed by atoms with Crippen LogP contribution in [0.5, 0.6) is 0 Å². The van der Waals surface area contributed by atoms with Gasteiger partial charge in [0.05, 0.1) is 12.6 Å². The fourth-order valence-corrected chi connectivity index (χ4v) is 2.58. The molecule has 0 aromatic carbocycles. The van der Waals surface area contributed by atoms with Crippen LogP contribution in [0.25, 0.3) is 0 Å². The predicted molar refractivity (Wildman–Crippen MR) is 61.4 cm³/mol. The Balaban J connectivity index is 2.68. The summed E-state index contributed by atoms with van der Waals surface area (Å²) in [6, 6.07) is -0.574. The van der Waals surface area contributed by atoms with Gasteiger partial charge in [0.25, 0.3) is 6.57 Å². The van der Waals surface area contributed by atoms with Crippen LogP contribution >= 0.6 is 18.8 Å². The highest BCUT2D eigenvalue weighted by Crippen LogP contribution is 2.50. The van der Waals surface area contributed by atoms with Gasteiger partial charge in [-0.05, 0) is 0 Å². The monoisotopic (exact) mass is 256 g/mol. The van der Waals surface area contributed by atoms with Gasteiger partial charge in [-0.15, -0.1) is 0 Å². The molecule has 0 spiro atoms. The molecule has 1 saturated heterocycles. The van der Waals surface area contributed by atoms with Gasteiger partial charge in [0.15, 0.2) is 0 Å². The van der Waals surface area contributed by atoms with E-state index in [9.17, 15) is 8.96 Å². The fraction of sp³-hybridized carbons (Fsp3) is 1.00. The summed E-state index contributed by atoms with van der Waals surface area (Å²) in [5, 5.41) is 0. The summed E-state index contributed by atoms with van der Waals surface area (Å²) in [4.78, 5) is 0. The quantitative estimate of drug-likeness (QED) is 0.451. The summed E-state index contributed by atoms with van der Waals surface area (Å²) in [7, 11) is 3.10. The number of ether oxygens (including phenoxy) is 2. The Bertz CT molecular complexity index is 263. The Kier molecular flexibility index (Phi) is 4.68. The maximum Gasteiger partial charge on any atom is 0.252 e. The third-order valence-electron chi connectivity index (χ3n) is 2.17. The average Bonchev–Trinajstić information content (AvgIpc) is 2.32. The number of halogens is 1. The van der Waals surface area contributed by atoms with Crippen LogP contribution in [0.3, 0.4) is 0 Å². The van der Waals surface area contributed by atoms with Gasteiger partial charge >= 0.3 is 0 Å². The molecule has 1 heterocycles. The second-order valence-corrected chi connectivity index (χ2v) is 7.65. The number of alkyl halides is 1. The third-order valence-corrected chi connectivity index (χ3v) is 3.08. The molecule has 1 aliphatic heterocycles. The topological polar surface area (TPSA) is 44.8 Å². The van der Waals surface area contributed by atoms with E-state index in [1.807, 2.05) is 0 Å². The largest absolute Gasteiger partial charge is 0.382 e. The zero-order valence-corrected chi connectivity index (χ0v) is 10.7. The number of thiol groups is 1. The Morgan fingerprint density at radius 3 is 2.73 bits per heavy atom. The van der Waals surface area contributed by atoms with Crippen LogP contribution in [0.1, 0.15) is 0 Å². The number of methoxy groups -OCH3 is 1. The van der Waals surface area contributed by atoms with Crippen molar-refractivity contribution in [2.45, 2.75) is 24.4 Å². The van der Waals surface area contributed by atoms with E-state index in [1.54, 1.807) is 7.85 Å². The Morgan fingerprint density at radius 2 is 2.27 bits per heavy atom. The maximum atomic E-state index is 13.6. The molecule has 5 atom stereocenters. The average molecular weight is 256 g/mol. The van der Waals surface area contributed by atoms with Gasteiger partial charge in [0.2, 0.25) is 0 Å². The highest BCUT2D eigenvalue weighted by Gasteiger charge is 2.45. The molecule has 0 saturated carbocycles. The van der Waals surface area contributed by atoms with Crippen molar-refractivity contribution in [2.24, 2.45) is 0 Å². The zero-order valence-electron chi connectivity index (χ0n) is 8.92. The first-order chi connectivity index (χ1) is 6.85. The molecule has 0 amide bonds. The maximum absolute atomic E-state index is 13.6. The number of hydrogen-bond acceptors (Lipinski definition) is 4. The molecule has 15 heavy (non-hydrogen) atoms. The van der Waals surface area contributed by atoms with E-state index in [1.165, 1.54) is 13.8 Å². The number of hydrogen-bond donors (Lipinski definition) is 1. The summed E-state index contributed by atoms with van der Waals surface area (Å²) in [6.45, 7) is -1.48. The molecular formula is C7H15BFO4PS. The van der Waals surface area contributed by atoms with Crippen LogP contribution in [0.4, 0.5) is 4.39 Å². The Labute approximate surface area is 94.9 Å². The third kappa shape index (κ3) is 3.75. The molecule has 8 heteroatoms. The fourth-order valence-electron chi connectivity index (χ4n) is 1.55. The van der Waals surface area contributed by atoms with Crippen LogP contribution in [0.15, 0.2) is 0 Å². The second-order valence-electron chi connectivity index (χ2n) is 3.65. The van der Waals surface area contributed by atoms with Crippen molar-refractivity contribution in [3.05, 3.63) is 0 Å². The molecule has 88 valence electrons. The van der Waals surface area contributed by atoms with Crippen LogP contribution in [-0.2, 0) is 18.6 Å². The summed E-state index contributed by atoms with van der Waals surface area (Å²) in [5.41, 5.74) is 0. The SMILES string of the molecule is B[C@@H]1O[C@H](COC)C(O[P@](C)(=O)S)C1F. The lowest BCUT2D eigenvalue weighted by Crippen LogP contribution is -2.33. The molecular weight excluding hydrogens is 241 g/mol. The van der Waals surface area contributed by atoms with E-state index in [0.717, 1.165) is 0 Å². The highest BCUT2D eigenvalue weighted by atomic mass is 32.7. The van der Waals surface area contributed by atoms with Gasteiger partial charge in [-0.1, -0.05) is 12.2 Å². The van der Waals surface area contributed by atoms with Crippen molar-refractivity contribution in [3.63, 3.8) is 0 Å². The molecule has 0 bridgehead atoms. The number of rotatable bonds is 4. The summed E-state index contributed by atoms with van der Waals surface area (Å²) >= 11 is 3.78. The molecule has 1 aliphatic rings. The molecule has 1 rings (SSSR count). The molecule has 2 unspecified atom stereocenters. The summed E-state index contributed by atoms with van der Waals surface area (Å²) in [6.07, 6.45) is -2.70. The van der Waals surface area contributed by atoms with Gasteiger partial charge < -0.3 is 14.0 Å². The molecule has 1 fully saturated rings. The summed E-state index contributed by atoms with van der Waals surface area (Å²) in [5.74, 6) is 0. The van der Waals surface area contributed by atoms with E-state index < -0.39 is 31.0 Å². The minimum atomic E-state index is -3.02. The van der Waals surface area contributed by atoms with Crippen LogP contribution in [-0.4, -0.2) is 52.6 Å². The van der Waals surface area contributed by atoms with Crippen molar-refractivity contribution in [1.82, 2.24) is 0 Å². The first-order valence-corrected chi connectivity index (χ1v) is 7.84. The van der Waals surface area contributed by atoms with Crippen molar-refractivity contribution < 1.29 is 23.0 Å². The standard InChI is InChI=1S/C7H15BFO4PS/c1-11-3-4-6(13-14(2,10)15)5(9)7(8)12-4/h4-7H,3,8H2,1-2H3,(H,10,15)/t4-,5?,6?,7-,14+/m1/s1. The lowest BCUT2D eigenvalue weighted by atomic mass is 9.94. The molecule has 0 aromatic heterocycles. The first-order valence-electron chi connectivity index (χ1n) is 4.62. The van der Waals surface area contributed by atoms with Crippen LogP contribution in [0.2, 0.25) is 0 Å². The van der Waals surface area contributed by atoms with Crippen molar-refractivity contribution in [3.8, 4) is 0 Å². The molecule has 0 aliphatic carbocycles. The van der Waals surface area contributed by atoms with Gasteiger partial charge in [0.1, 0.15) is 26.2 Å². The lowest BCUT2D eigenvalue weighted by Gasteiger charge is -2.21. The predicted octanol–water partition coefficient (Wildman–Crippen LogP) is 0.467. The Morgan fingerprint density at radius 1 is 1.67 bits per heavy atom. The molecule has 4 nitrogen and oxygen atoms in total. The molecule has 0 radical (unpaired) electrons. The van der Waals surface area contributed by atoms with Crippen molar-refractivity contribution >= 4 is 26.7 Å². The van der Waals surface area contributed by atoms with E-state index in [0.29, 0.717) is 0 Å². The van der Waals surface area contributed by atoms with E-state index in [2.05, 4.69) is 12.2 Å². The van der Waals surface area contributed by atoms with Crippen molar-refractivity contribution in [1.29, 1.82) is 0 Å². The molecule has 0 aromatic rings. The smallest absolute Gasteiger partial charge is 0.252 e. The van der Waals surface area contributed by atoms with Crippen molar-refractivity contribution in [2.75, 3.05) is 20.4 Å². The first kappa shape index (κ1) is 13.5. The van der Waals surface area contributed by atoms with E-state index in [-0.39, 0.29) is 6.61 Å². The minimum absolute atomic E-state index is 0.212. The zero-order chi connectivity index (χ0) is 11.6. The van der Waals surface area contributed by atoms with E-state index >= 15 is 0 Å². The normalized spacial score (nSPS) is 40.3. The molecule has 0 N–H and O–H groups in total. The van der Waals surface area contributed by atoms with Gasteiger partial charge in [-0.2, -0.15) is 0 Å². The Hall–Kier alpha value is 0.455. The summed E-state index contributed by atoms with van der Waals surface area (Å²) < 4.78 is 40.2. The van der Waals surface area contributed by atoms with Gasteiger partial charge in [-0.3, -0.25) is 4.57 Å². The van der Waals surface area contributed by atoms with E-state index in [4.69, 9.17) is 14.0 Å².